The lowest BCUT2D eigenvalue weighted by atomic mass is 9.91. The molecule has 0 fully saturated rings. The Bertz CT molecular complexity index is 934. The maximum Gasteiger partial charge on any atom is 0.231 e. The summed E-state index contributed by atoms with van der Waals surface area (Å²) in [6, 6.07) is 23.2. The van der Waals surface area contributed by atoms with Crippen molar-refractivity contribution >= 4 is 28.2 Å². The van der Waals surface area contributed by atoms with Crippen molar-refractivity contribution in [2.24, 2.45) is 0 Å². The first-order valence-electron chi connectivity index (χ1n) is 7.17. The van der Waals surface area contributed by atoms with Gasteiger partial charge >= 0.3 is 0 Å². The molecule has 23 heavy (non-hydrogen) atoms. The molecule has 0 unspecified atom stereocenters. The number of benzene rings is 3. The molecule has 0 radical (unpaired) electrons. The van der Waals surface area contributed by atoms with Crippen LogP contribution in [0.15, 0.2) is 77.7 Å². The first kappa shape index (κ1) is 16.2. The highest BCUT2D eigenvalue weighted by Crippen LogP contribution is 2.40. The van der Waals surface area contributed by atoms with Gasteiger partial charge in [0.25, 0.3) is 0 Å². The van der Waals surface area contributed by atoms with Gasteiger partial charge in [-0.3, -0.25) is 0 Å². The van der Waals surface area contributed by atoms with Crippen LogP contribution in [0.4, 0.5) is 0 Å². The Morgan fingerprint density at radius 3 is 1.65 bits per heavy atom. The Hall–Kier alpha value is -1.66. The van der Waals surface area contributed by atoms with Crippen LogP contribution in [0.5, 0.6) is 0 Å². The Morgan fingerprint density at radius 2 is 1.17 bits per heavy atom. The maximum absolute atomic E-state index is 12.3. The second-order valence-electron chi connectivity index (χ2n) is 5.30. The van der Waals surface area contributed by atoms with Gasteiger partial charge in [-0.2, -0.15) is 0 Å². The highest BCUT2D eigenvalue weighted by atomic mass is 127. The normalized spacial score (nSPS) is 11.4. The fourth-order valence-corrected chi connectivity index (χ4v) is 4.55. The van der Waals surface area contributed by atoms with Crippen LogP contribution < -0.4 is 0 Å². The summed E-state index contributed by atoms with van der Waals surface area (Å²) in [6.07, 6.45) is 0. The topological polar surface area (TPSA) is 34.1 Å². The largest absolute Gasteiger partial charge is 0.231 e. The van der Waals surface area contributed by atoms with Crippen molar-refractivity contribution in [1.29, 1.82) is 0 Å². The summed E-state index contributed by atoms with van der Waals surface area (Å²) in [6.45, 7) is 2.01. The average Bonchev–Trinajstić information content (AvgIpc) is 2.55. The molecule has 0 amide bonds. The molecule has 0 N–H and O–H groups in total. The monoisotopic (exact) mass is 434 g/mol. The number of rotatable bonds is 3. The standard InChI is InChI=1S/C19H15IO2S/c1-14-12-13-17(23(20,21)22)19(16-10-6-3-7-11-16)18(14)15-8-4-2-5-9-15/h2-13H,1H3. The van der Waals surface area contributed by atoms with E-state index in [0.29, 0.717) is 4.90 Å². The lowest BCUT2D eigenvalue weighted by molar-refractivity contribution is 0.613. The van der Waals surface area contributed by atoms with E-state index in [-0.39, 0.29) is 0 Å². The molecule has 3 rings (SSSR count). The lowest BCUT2D eigenvalue weighted by Gasteiger charge is -2.17. The van der Waals surface area contributed by atoms with Crippen molar-refractivity contribution in [3.05, 3.63) is 78.4 Å². The van der Waals surface area contributed by atoms with E-state index in [0.717, 1.165) is 27.8 Å². The third kappa shape index (κ3) is 3.33. The lowest BCUT2D eigenvalue weighted by Crippen LogP contribution is -1.99. The zero-order valence-electron chi connectivity index (χ0n) is 12.5. The Kier molecular flexibility index (Phi) is 4.55. The van der Waals surface area contributed by atoms with Crippen molar-refractivity contribution in [2.75, 3.05) is 0 Å². The van der Waals surface area contributed by atoms with E-state index in [1.54, 1.807) is 6.07 Å². The highest BCUT2D eigenvalue weighted by Gasteiger charge is 2.21. The number of aryl methyl sites for hydroxylation is 1. The first-order chi connectivity index (χ1) is 11.0. The summed E-state index contributed by atoms with van der Waals surface area (Å²) in [7, 11) is -3.36. The Labute approximate surface area is 148 Å². The third-order valence-electron chi connectivity index (χ3n) is 3.76. The molecule has 0 saturated heterocycles. The van der Waals surface area contributed by atoms with Crippen LogP contribution in [0.1, 0.15) is 5.56 Å². The minimum Gasteiger partial charge on any atom is -0.213 e. The molecule has 0 aromatic heterocycles. The minimum absolute atomic E-state index is 0.355. The fraction of sp³-hybridized carbons (Fsp3) is 0.0526. The van der Waals surface area contributed by atoms with Gasteiger partial charge in [0, 0.05) is 5.56 Å². The summed E-state index contributed by atoms with van der Waals surface area (Å²) in [5.74, 6) is 0. The maximum atomic E-state index is 12.3. The summed E-state index contributed by atoms with van der Waals surface area (Å²) in [4.78, 5) is 0.355. The van der Waals surface area contributed by atoms with Crippen molar-refractivity contribution in [3.63, 3.8) is 0 Å². The van der Waals surface area contributed by atoms with Crippen LogP contribution in [0.2, 0.25) is 0 Å². The summed E-state index contributed by atoms with van der Waals surface area (Å²) < 4.78 is 24.6. The van der Waals surface area contributed by atoms with Gasteiger partial charge in [0.15, 0.2) is 0 Å². The number of hydrogen-bond donors (Lipinski definition) is 0. The molecule has 4 heteroatoms. The summed E-state index contributed by atoms with van der Waals surface area (Å²) in [5.41, 5.74) is 4.72. The molecule has 0 atom stereocenters. The molecule has 0 aliphatic heterocycles. The fourth-order valence-electron chi connectivity index (χ4n) is 2.76. The third-order valence-corrected chi connectivity index (χ3v) is 6.05. The molecule has 3 aromatic carbocycles. The van der Waals surface area contributed by atoms with Crippen LogP contribution in [0.25, 0.3) is 22.3 Å². The molecule has 0 saturated carbocycles. The van der Waals surface area contributed by atoms with Crippen molar-refractivity contribution < 1.29 is 8.42 Å². The molecule has 0 aliphatic rings. The quantitative estimate of drug-likeness (QED) is 0.406. The SMILES string of the molecule is Cc1ccc(S(=O)(=O)I)c(-c2ccccc2)c1-c1ccccc1. The van der Waals surface area contributed by atoms with E-state index >= 15 is 0 Å². The van der Waals surface area contributed by atoms with Crippen LogP contribution in [-0.2, 0) is 7.01 Å². The average molecular weight is 434 g/mol. The van der Waals surface area contributed by atoms with Crippen LogP contribution >= 0.6 is 21.2 Å². The van der Waals surface area contributed by atoms with Crippen molar-refractivity contribution in [2.45, 2.75) is 11.8 Å². The van der Waals surface area contributed by atoms with Gasteiger partial charge in [0.1, 0.15) is 0 Å². The van der Waals surface area contributed by atoms with Gasteiger partial charge in [-0.15, -0.1) is 0 Å². The molecule has 3 aromatic rings. The number of hydrogen-bond acceptors (Lipinski definition) is 2. The molecule has 2 nitrogen and oxygen atoms in total. The summed E-state index contributed by atoms with van der Waals surface area (Å²) >= 11 is 1.51. The molecule has 0 bridgehead atoms. The molecule has 0 heterocycles. The van der Waals surface area contributed by atoms with E-state index in [1.807, 2.05) is 73.7 Å². The Balaban J connectivity index is 2.44. The molecular weight excluding hydrogens is 419 g/mol. The zero-order valence-corrected chi connectivity index (χ0v) is 15.5. The Morgan fingerprint density at radius 1 is 0.696 bits per heavy atom. The van der Waals surface area contributed by atoms with Gasteiger partial charge in [-0.05, 0) is 35.2 Å². The smallest absolute Gasteiger partial charge is 0.213 e. The van der Waals surface area contributed by atoms with Gasteiger partial charge in [0.2, 0.25) is 7.01 Å². The van der Waals surface area contributed by atoms with Gasteiger partial charge in [0.05, 0.1) is 26.1 Å². The van der Waals surface area contributed by atoms with E-state index in [9.17, 15) is 8.42 Å². The van der Waals surface area contributed by atoms with E-state index in [4.69, 9.17) is 0 Å². The predicted octanol–water partition coefficient (Wildman–Crippen LogP) is 5.45. The molecule has 116 valence electrons. The van der Waals surface area contributed by atoms with Crippen molar-refractivity contribution in [1.82, 2.24) is 0 Å². The minimum atomic E-state index is -3.36. The van der Waals surface area contributed by atoms with Crippen LogP contribution in [0.3, 0.4) is 0 Å². The first-order valence-corrected chi connectivity index (χ1v) is 11.2. The van der Waals surface area contributed by atoms with Gasteiger partial charge in [-0.25, -0.2) is 8.42 Å². The summed E-state index contributed by atoms with van der Waals surface area (Å²) in [5, 5.41) is 0. The zero-order chi connectivity index (χ0) is 16.4. The van der Waals surface area contributed by atoms with Gasteiger partial charge < -0.3 is 0 Å². The van der Waals surface area contributed by atoms with Crippen LogP contribution in [-0.4, -0.2) is 8.42 Å². The second kappa shape index (κ2) is 6.45. The van der Waals surface area contributed by atoms with Crippen molar-refractivity contribution in [3.8, 4) is 22.3 Å². The van der Waals surface area contributed by atoms with Gasteiger partial charge in [-0.1, -0.05) is 66.7 Å². The van der Waals surface area contributed by atoms with Crippen LogP contribution in [0, 0.1) is 6.92 Å². The van der Waals surface area contributed by atoms with E-state index < -0.39 is 7.01 Å². The molecular formula is C19H15IO2S. The van der Waals surface area contributed by atoms with E-state index in [2.05, 4.69) is 0 Å². The predicted molar refractivity (Wildman–Crippen MR) is 103 cm³/mol. The highest BCUT2D eigenvalue weighted by molar-refractivity contribution is 14.2. The number of halogens is 1. The molecule has 0 aliphatic carbocycles. The second-order valence-corrected chi connectivity index (χ2v) is 10.1. The molecule has 0 spiro atoms. The van der Waals surface area contributed by atoms with E-state index in [1.165, 1.54) is 21.2 Å².